The molecule has 9 nitrogen and oxygen atoms in total. The van der Waals surface area contributed by atoms with E-state index in [1.807, 2.05) is 4.57 Å². The molecule has 0 spiro atoms. The largest absolute Gasteiger partial charge is 0.414 e. The highest BCUT2D eigenvalue weighted by atomic mass is 28.5. The van der Waals surface area contributed by atoms with Gasteiger partial charge in [-0.2, -0.15) is 0 Å². The van der Waals surface area contributed by atoms with Gasteiger partial charge >= 0.3 is 17.1 Å². The fourth-order valence-electron chi connectivity index (χ4n) is 5.39. The number of imidazole rings is 1. The molecule has 0 radical (unpaired) electrons. The van der Waals surface area contributed by atoms with Crippen molar-refractivity contribution >= 4 is 34.1 Å². The van der Waals surface area contributed by atoms with Crippen LogP contribution in [0.4, 0.5) is 5.82 Å². The molecule has 0 aromatic carbocycles. The molecule has 2 saturated heterocycles. The first-order chi connectivity index (χ1) is 15.5. The Morgan fingerprint density at radius 1 is 0.909 bits per heavy atom. The maximum atomic E-state index is 7.25. The predicted octanol–water partition coefficient (Wildman–Crippen LogP) is 4.65. The number of nitrogens with two attached hydrogens (primary N) is 1. The molecule has 2 aromatic heterocycles. The summed E-state index contributed by atoms with van der Waals surface area (Å²) in [7, 11) is -5.24. The molecule has 0 saturated carbocycles. The highest BCUT2D eigenvalue weighted by molar-refractivity contribution is 6.83. The van der Waals surface area contributed by atoms with Gasteiger partial charge in [0.2, 0.25) is 0 Å². The van der Waals surface area contributed by atoms with Crippen molar-refractivity contribution in [1.29, 1.82) is 0 Å². The number of hydrogen-bond donors (Lipinski definition) is 1. The Morgan fingerprint density at radius 3 is 2.15 bits per heavy atom. The zero-order chi connectivity index (χ0) is 24.1. The Hall–Kier alpha value is -1.38. The van der Waals surface area contributed by atoms with Gasteiger partial charge in [-0.05, 0) is 22.2 Å². The Morgan fingerprint density at radius 2 is 1.55 bits per heavy atom. The van der Waals surface area contributed by atoms with Crippen LogP contribution in [-0.4, -0.2) is 55.5 Å². The van der Waals surface area contributed by atoms with Gasteiger partial charge in [0.15, 0.2) is 11.5 Å². The molecule has 0 amide bonds. The Balaban J connectivity index is 1.72. The van der Waals surface area contributed by atoms with E-state index in [4.69, 9.17) is 23.4 Å². The summed E-state index contributed by atoms with van der Waals surface area (Å²) in [5.41, 5.74) is 8.42. The van der Waals surface area contributed by atoms with Crippen LogP contribution in [0.2, 0.25) is 22.2 Å². The molecule has 2 aromatic rings. The van der Waals surface area contributed by atoms with E-state index < -0.39 is 17.1 Å². The number of anilines is 1. The summed E-state index contributed by atoms with van der Waals surface area (Å²) < 4.78 is 29.7. The smallest absolute Gasteiger partial charge is 0.335 e. The third-order valence-corrected chi connectivity index (χ3v) is 17.5. The first kappa shape index (κ1) is 24.7. The summed E-state index contributed by atoms with van der Waals surface area (Å²) in [4.78, 5) is 12.9. The first-order valence-electron chi connectivity index (χ1n) is 12.1. The van der Waals surface area contributed by atoms with Crippen molar-refractivity contribution in [2.75, 3.05) is 12.3 Å². The summed E-state index contributed by atoms with van der Waals surface area (Å²) in [6.07, 6.45) is 3.31. The second-order valence-corrected chi connectivity index (χ2v) is 19.4. The molecule has 33 heavy (non-hydrogen) atoms. The van der Waals surface area contributed by atoms with E-state index in [0.717, 1.165) is 0 Å². The van der Waals surface area contributed by atoms with Gasteiger partial charge in [-0.25, -0.2) is 15.0 Å². The molecule has 0 bridgehead atoms. The number of fused-ring (bicyclic) bond motifs is 2. The average molecular weight is 494 g/mol. The van der Waals surface area contributed by atoms with Crippen LogP contribution in [0.25, 0.3) is 11.2 Å². The van der Waals surface area contributed by atoms with Crippen molar-refractivity contribution in [3.05, 3.63) is 12.7 Å². The average Bonchev–Trinajstić information content (AvgIpc) is 3.32. The molecular weight excluding hydrogens is 454 g/mol. The normalized spacial score (nSPS) is 27.5. The minimum absolute atomic E-state index is 0.116. The fraction of sp³-hybridized carbons (Fsp3) is 0.773. The maximum Gasteiger partial charge on any atom is 0.335 e. The maximum absolute atomic E-state index is 7.25. The van der Waals surface area contributed by atoms with Crippen LogP contribution >= 0.6 is 0 Å². The molecule has 0 unspecified atom stereocenters. The molecule has 184 valence electrons. The lowest BCUT2D eigenvalue weighted by atomic mass is 10.2. The number of nitrogens with zero attached hydrogens (tertiary/aromatic N) is 4. The van der Waals surface area contributed by atoms with Crippen LogP contribution in [0.1, 0.15) is 68.0 Å². The van der Waals surface area contributed by atoms with Crippen molar-refractivity contribution in [3.63, 3.8) is 0 Å². The van der Waals surface area contributed by atoms with Gasteiger partial charge in [-0.3, -0.25) is 4.57 Å². The van der Waals surface area contributed by atoms with E-state index in [0.29, 0.717) is 41.1 Å². The first-order valence-corrected chi connectivity index (χ1v) is 16.1. The lowest BCUT2D eigenvalue weighted by molar-refractivity contribution is -0.0544. The van der Waals surface area contributed by atoms with E-state index in [2.05, 4.69) is 70.3 Å². The van der Waals surface area contributed by atoms with Crippen LogP contribution in [0.5, 0.6) is 0 Å². The Kier molecular flexibility index (Phi) is 6.75. The van der Waals surface area contributed by atoms with Gasteiger partial charge in [0.05, 0.1) is 19.0 Å². The summed E-state index contributed by atoms with van der Waals surface area (Å²) in [5.74, 6) is 0.367. The topological polar surface area (TPSA) is 107 Å². The summed E-state index contributed by atoms with van der Waals surface area (Å²) >= 11 is 0. The molecular formula is C22H39N5O4Si2. The van der Waals surface area contributed by atoms with Gasteiger partial charge < -0.3 is 23.4 Å². The van der Waals surface area contributed by atoms with E-state index in [1.165, 1.54) is 6.33 Å². The highest BCUT2D eigenvalue weighted by Crippen LogP contribution is 2.48. The molecule has 0 aliphatic carbocycles. The molecule has 3 atom stereocenters. The molecule has 2 N–H and O–H groups in total. The Bertz CT molecular complexity index is 967. The van der Waals surface area contributed by atoms with Crippen LogP contribution in [0, 0.1) is 0 Å². The summed E-state index contributed by atoms with van der Waals surface area (Å²) in [5, 5.41) is 0. The van der Waals surface area contributed by atoms with E-state index in [-0.39, 0.29) is 29.5 Å². The zero-order valence-electron chi connectivity index (χ0n) is 21.1. The SMILES string of the molecule is CC(C)[Si]1(C(C)C)OC[C@@H]2O[C@@H](n3cnc4c(N)ncnc43)C[C@H]2O[Si](C(C)C)(C(C)C)O1. The number of hydrogen-bond acceptors (Lipinski definition) is 8. The minimum Gasteiger partial charge on any atom is -0.414 e. The quantitative estimate of drug-likeness (QED) is 0.600. The fourth-order valence-corrected chi connectivity index (χ4v) is 16.6. The number of aromatic nitrogens is 4. The third-order valence-electron chi connectivity index (χ3n) is 7.22. The van der Waals surface area contributed by atoms with Crippen molar-refractivity contribution in [1.82, 2.24) is 19.5 Å². The van der Waals surface area contributed by atoms with Gasteiger partial charge in [-0.1, -0.05) is 55.4 Å². The standard InChI is InChI=1S/C22H39N5O4Si2/c1-13(2)32(14(3)4)28-10-18-17(30-33(31-32,15(5)6)16(7)8)9-19(29-18)27-12-26-20-21(23)24-11-25-22(20)27/h11-19H,9-10H2,1-8H3,(H2,23,24,25)/t17-,18+,19-/m1/s1. The van der Waals surface area contributed by atoms with Crippen LogP contribution < -0.4 is 5.73 Å². The van der Waals surface area contributed by atoms with Crippen molar-refractivity contribution in [3.8, 4) is 0 Å². The zero-order valence-corrected chi connectivity index (χ0v) is 23.1. The van der Waals surface area contributed by atoms with E-state index in [9.17, 15) is 0 Å². The summed E-state index contributed by atoms with van der Waals surface area (Å²) in [6, 6.07) is 0. The van der Waals surface area contributed by atoms with Crippen molar-refractivity contribution in [2.45, 2.75) is 102 Å². The second-order valence-electron chi connectivity index (χ2n) is 10.6. The number of rotatable bonds is 5. The Labute approximate surface area is 198 Å². The third kappa shape index (κ3) is 4.06. The second kappa shape index (κ2) is 9.01. The van der Waals surface area contributed by atoms with Gasteiger partial charge in [-0.15, -0.1) is 0 Å². The molecule has 2 aliphatic heterocycles. The lowest BCUT2D eigenvalue weighted by Crippen LogP contribution is -2.65. The van der Waals surface area contributed by atoms with Crippen LogP contribution in [0.15, 0.2) is 12.7 Å². The monoisotopic (exact) mass is 493 g/mol. The number of nitrogen functional groups attached to an aromatic ring is 1. The van der Waals surface area contributed by atoms with Crippen molar-refractivity contribution < 1.29 is 17.7 Å². The summed E-state index contributed by atoms with van der Waals surface area (Å²) in [6.45, 7) is 18.3. The minimum atomic E-state index is -2.66. The van der Waals surface area contributed by atoms with Crippen LogP contribution in [-0.2, 0) is 17.7 Å². The van der Waals surface area contributed by atoms with E-state index in [1.54, 1.807) is 6.33 Å². The van der Waals surface area contributed by atoms with Gasteiger partial charge in [0, 0.05) is 6.42 Å². The predicted molar refractivity (Wildman–Crippen MR) is 132 cm³/mol. The molecule has 11 heteroatoms. The van der Waals surface area contributed by atoms with E-state index >= 15 is 0 Å². The number of ether oxygens (including phenoxy) is 1. The molecule has 2 aliphatic rings. The molecule has 2 fully saturated rings. The highest BCUT2D eigenvalue weighted by Gasteiger charge is 2.60. The molecule has 4 rings (SSSR count). The van der Waals surface area contributed by atoms with Crippen LogP contribution in [0.3, 0.4) is 0 Å². The van der Waals surface area contributed by atoms with Gasteiger partial charge in [0.25, 0.3) is 0 Å². The van der Waals surface area contributed by atoms with Gasteiger partial charge in [0.1, 0.15) is 24.2 Å². The molecule has 4 heterocycles. The van der Waals surface area contributed by atoms with Crippen molar-refractivity contribution in [2.24, 2.45) is 0 Å². The lowest BCUT2D eigenvalue weighted by Gasteiger charge is -2.51.